The summed E-state index contributed by atoms with van der Waals surface area (Å²) in [6.07, 6.45) is -2.72. The van der Waals surface area contributed by atoms with Gasteiger partial charge in [-0.25, -0.2) is 9.37 Å². The second-order valence-electron chi connectivity index (χ2n) is 8.87. The summed E-state index contributed by atoms with van der Waals surface area (Å²) >= 11 is 0. The van der Waals surface area contributed by atoms with Crippen molar-refractivity contribution in [3.05, 3.63) is 47.3 Å². The Labute approximate surface area is 184 Å². The highest BCUT2D eigenvalue weighted by molar-refractivity contribution is 5.79. The minimum Gasteiger partial charge on any atom is -0.379 e. The number of fused-ring (bicyclic) bond motifs is 1. The Kier molecular flexibility index (Phi) is 5.87. The van der Waals surface area contributed by atoms with Gasteiger partial charge in [-0.2, -0.15) is 18.3 Å². The minimum absolute atomic E-state index is 0.0330. The molecule has 4 rings (SSSR count). The number of nitrogens with one attached hydrogen (secondary N) is 2. The van der Waals surface area contributed by atoms with Crippen LogP contribution in [-0.2, 0) is 6.42 Å². The number of rotatable bonds is 4. The summed E-state index contributed by atoms with van der Waals surface area (Å²) in [5.41, 5.74) is 2.08. The smallest absolute Gasteiger partial charge is 0.379 e. The number of hydrogen-bond acceptors (Lipinski definition) is 4. The summed E-state index contributed by atoms with van der Waals surface area (Å²) in [5, 5.41) is 10.3. The molecule has 32 heavy (non-hydrogen) atoms. The van der Waals surface area contributed by atoms with E-state index in [9.17, 15) is 17.6 Å². The zero-order valence-electron chi connectivity index (χ0n) is 18.4. The van der Waals surface area contributed by atoms with Crippen molar-refractivity contribution in [2.45, 2.75) is 45.1 Å². The number of piperidine rings is 1. The molecule has 1 fully saturated rings. The van der Waals surface area contributed by atoms with Crippen LogP contribution in [0.15, 0.2) is 24.8 Å². The molecule has 9 heteroatoms. The Morgan fingerprint density at radius 2 is 2.03 bits per heavy atom. The molecule has 0 saturated carbocycles. The Hall–Kier alpha value is -2.68. The fourth-order valence-corrected chi connectivity index (χ4v) is 4.38. The number of alkyl halides is 4. The minimum atomic E-state index is -4.61. The van der Waals surface area contributed by atoms with Crippen LogP contribution in [-0.4, -0.2) is 58.6 Å². The van der Waals surface area contributed by atoms with Crippen molar-refractivity contribution in [1.82, 2.24) is 25.4 Å². The number of nitrogens with zero attached hydrogens (tertiary/aromatic N) is 3. The first-order valence-corrected chi connectivity index (χ1v) is 10.7. The molecule has 2 aromatic heterocycles. The number of hydrogen-bond donors (Lipinski definition) is 2. The number of aromatic amines is 1. The zero-order chi connectivity index (χ0) is 23.2. The number of pyridine rings is 1. The first-order valence-electron chi connectivity index (χ1n) is 10.7. The number of aromatic nitrogens is 3. The Bertz CT molecular complexity index is 1060. The third-order valence-corrected chi connectivity index (χ3v) is 6.07. The first kappa shape index (κ1) is 22.5. The topological polar surface area (TPSA) is 56.8 Å². The molecule has 0 bridgehead atoms. The molecular formula is C23H27F4N5. The summed E-state index contributed by atoms with van der Waals surface area (Å²) < 4.78 is 55.7. The van der Waals surface area contributed by atoms with Crippen LogP contribution in [0.5, 0.6) is 0 Å². The van der Waals surface area contributed by atoms with Crippen LogP contribution >= 0.6 is 0 Å². The molecule has 5 nitrogen and oxygen atoms in total. The van der Waals surface area contributed by atoms with E-state index in [4.69, 9.17) is 0 Å². The standard InChI is InChI=1S/C23H27F4N5/c1-12-7-16-15(19(8-12)28-18-5-6-32(4)11-17(18)24)10-20(21-9-13(2)30-31-21)29-22(16)14(3)23(25,26)27/h8-10,12,17-18,28H,3,5-7,11H2,1-2,4H3,(H,30,31)/t12?,17-,18+/m0/s1. The molecular weight excluding hydrogens is 422 g/mol. The maximum absolute atomic E-state index is 14.7. The fraction of sp³-hybridized carbons (Fsp3) is 0.478. The van der Waals surface area contributed by atoms with E-state index in [0.29, 0.717) is 47.6 Å². The Balaban J connectivity index is 1.81. The molecule has 0 radical (unpaired) electrons. The SMILES string of the molecule is C=C(c1nc(-c2cc(C)[nH]n2)cc2c1CC(C)C=C2N[C@@H]1CCN(C)C[C@@H]1F)C(F)(F)F. The molecule has 2 aliphatic rings. The zero-order valence-corrected chi connectivity index (χ0v) is 18.4. The second-order valence-corrected chi connectivity index (χ2v) is 8.87. The van der Waals surface area contributed by atoms with Gasteiger partial charge in [0, 0.05) is 30.0 Å². The van der Waals surface area contributed by atoms with Crippen molar-refractivity contribution in [2.24, 2.45) is 5.92 Å². The van der Waals surface area contributed by atoms with Gasteiger partial charge in [-0.3, -0.25) is 5.10 Å². The largest absolute Gasteiger partial charge is 0.417 e. The maximum atomic E-state index is 14.7. The van der Waals surface area contributed by atoms with E-state index >= 15 is 0 Å². The molecule has 3 heterocycles. The van der Waals surface area contributed by atoms with Crippen LogP contribution in [0, 0.1) is 12.8 Å². The van der Waals surface area contributed by atoms with Gasteiger partial charge in [0.1, 0.15) is 11.9 Å². The van der Waals surface area contributed by atoms with Gasteiger partial charge in [0.15, 0.2) is 0 Å². The van der Waals surface area contributed by atoms with Gasteiger partial charge in [0.25, 0.3) is 0 Å². The molecule has 2 aromatic rings. The highest BCUT2D eigenvalue weighted by Crippen LogP contribution is 2.40. The fourth-order valence-electron chi connectivity index (χ4n) is 4.38. The molecule has 1 aliphatic carbocycles. The average Bonchev–Trinajstić information content (AvgIpc) is 3.14. The molecule has 1 unspecified atom stereocenters. The van der Waals surface area contributed by atoms with E-state index in [1.54, 1.807) is 19.1 Å². The third-order valence-electron chi connectivity index (χ3n) is 6.07. The third kappa shape index (κ3) is 4.44. The van der Waals surface area contributed by atoms with E-state index in [1.807, 2.05) is 24.9 Å². The van der Waals surface area contributed by atoms with Crippen molar-refractivity contribution in [2.75, 3.05) is 20.1 Å². The number of H-pyrrole nitrogens is 1. The van der Waals surface area contributed by atoms with Gasteiger partial charge in [0.2, 0.25) is 0 Å². The van der Waals surface area contributed by atoms with Gasteiger partial charge in [-0.15, -0.1) is 0 Å². The quantitative estimate of drug-likeness (QED) is 0.674. The van der Waals surface area contributed by atoms with Crippen molar-refractivity contribution in [1.29, 1.82) is 0 Å². The van der Waals surface area contributed by atoms with E-state index in [-0.39, 0.29) is 11.6 Å². The maximum Gasteiger partial charge on any atom is 0.417 e. The monoisotopic (exact) mass is 449 g/mol. The van der Waals surface area contributed by atoms with Crippen LogP contribution in [0.1, 0.15) is 35.9 Å². The van der Waals surface area contributed by atoms with E-state index in [2.05, 4.69) is 27.1 Å². The summed E-state index contributed by atoms with van der Waals surface area (Å²) in [5.74, 6) is -0.0330. The first-order chi connectivity index (χ1) is 15.0. The van der Waals surface area contributed by atoms with Crippen molar-refractivity contribution >= 4 is 11.3 Å². The highest BCUT2D eigenvalue weighted by Gasteiger charge is 2.38. The highest BCUT2D eigenvalue weighted by atomic mass is 19.4. The van der Waals surface area contributed by atoms with Gasteiger partial charge in [-0.05, 0) is 50.4 Å². The summed E-state index contributed by atoms with van der Waals surface area (Å²) in [6, 6.07) is 3.06. The van der Waals surface area contributed by atoms with Crippen LogP contribution in [0.25, 0.3) is 22.7 Å². The summed E-state index contributed by atoms with van der Waals surface area (Å²) in [6.45, 7) is 8.11. The molecule has 1 aliphatic heterocycles. The van der Waals surface area contributed by atoms with Crippen LogP contribution < -0.4 is 5.32 Å². The van der Waals surface area contributed by atoms with E-state index in [0.717, 1.165) is 12.2 Å². The van der Waals surface area contributed by atoms with Crippen molar-refractivity contribution < 1.29 is 17.6 Å². The van der Waals surface area contributed by atoms with Gasteiger partial charge in [-0.1, -0.05) is 19.6 Å². The molecule has 0 spiro atoms. The molecule has 0 aromatic carbocycles. The lowest BCUT2D eigenvalue weighted by Crippen LogP contribution is -2.49. The van der Waals surface area contributed by atoms with Gasteiger partial charge < -0.3 is 10.2 Å². The predicted molar refractivity (Wildman–Crippen MR) is 116 cm³/mol. The van der Waals surface area contributed by atoms with E-state index < -0.39 is 24.0 Å². The molecule has 3 atom stereocenters. The lowest BCUT2D eigenvalue weighted by atomic mass is 9.85. The number of allylic oxidation sites excluding steroid dienone is 2. The lowest BCUT2D eigenvalue weighted by Gasteiger charge is -2.35. The summed E-state index contributed by atoms with van der Waals surface area (Å²) in [7, 11) is 1.87. The molecule has 2 N–H and O–H groups in total. The van der Waals surface area contributed by atoms with Crippen LogP contribution in [0.2, 0.25) is 0 Å². The normalized spacial score (nSPS) is 24.1. The van der Waals surface area contributed by atoms with E-state index in [1.165, 1.54) is 0 Å². The summed E-state index contributed by atoms with van der Waals surface area (Å²) in [4.78, 5) is 6.27. The van der Waals surface area contributed by atoms with Crippen molar-refractivity contribution in [3.63, 3.8) is 0 Å². The van der Waals surface area contributed by atoms with Gasteiger partial charge >= 0.3 is 6.18 Å². The van der Waals surface area contributed by atoms with Gasteiger partial charge in [0.05, 0.1) is 23.0 Å². The second kappa shape index (κ2) is 8.35. The lowest BCUT2D eigenvalue weighted by molar-refractivity contribution is -0.0689. The Morgan fingerprint density at radius 1 is 1.28 bits per heavy atom. The molecule has 1 saturated heterocycles. The average molecular weight is 449 g/mol. The number of aryl methyl sites for hydroxylation is 1. The number of likely N-dealkylation sites (tertiary alicyclic amines) is 1. The Morgan fingerprint density at radius 3 is 2.66 bits per heavy atom. The molecule has 172 valence electrons. The molecule has 0 amide bonds. The number of halogens is 4. The van der Waals surface area contributed by atoms with Crippen LogP contribution in [0.4, 0.5) is 17.6 Å². The van der Waals surface area contributed by atoms with Crippen LogP contribution in [0.3, 0.4) is 0 Å². The van der Waals surface area contributed by atoms with Crippen molar-refractivity contribution in [3.8, 4) is 11.4 Å². The predicted octanol–water partition coefficient (Wildman–Crippen LogP) is 4.52.